The average molecular weight is 282 g/mol. The van der Waals surface area contributed by atoms with E-state index in [0.29, 0.717) is 32.2 Å². The zero-order valence-corrected chi connectivity index (χ0v) is 12.1. The van der Waals surface area contributed by atoms with Gasteiger partial charge in [0.15, 0.2) is 0 Å². The first-order chi connectivity index (χ1) is 9.76. The van der Waals surface area contributed by atoms with Gasteiger partial charge in [0.2, 0.25) is 5.89 Å². The van der Waals surface area contributed by atoms with Gasteiger partial charge in [-0.2, -0.15) is 4.98 Å². The van der Waals surface area contributed by atoms with Crippen molar-refractivity contribution in [3.05, 3.63) is 11.7 Å². The van der Waals surface area contributed by atoms with E-state index in [1.54, 1.807) is 4.90 Å². The van der Waals surface area contributed by atoms with Crippen LogP contribution in [0.15, 0.2) is 4.52 Å². The van der Waals surface area contributed by atoms with Gasteiger partial charge in [0, 0.05) is 19.7 Å². The van der Waals surface area contributed by atoms with E-state index in [4.69, 9.17) is 9.26 Å². The number of aromatic nitrogens is 2. The van der Waals surface area contributed by atoms with Crippen LogP contribution in [0.1, 0.15) is 49.2 Å². The first-order valence-corrected chi connectivity index (χ1v) is 7.20. The second-order valence-corrected chi connectivity index (χ2v) is 4.69. The molecule has 0 aliphatic carbocycles. The van der Waals surface area contributed by atoms with Crippen LogP contribution in [0.25, 0.3) is 0 Å². The van der Waals surface area contributed by atoms with E-state index >= 15 is 0 Å². The van der Waals surface area contributed by atoms with E-state index in [0.717, 1.165) is 19.4 Å². The summed E-state index contributed by atoms with van der Waals surface area (Å²) in [6.45, 7) is 7.09. The van der Waals surface area contributed by atoms with Crippen molar-refractivity contribution in [1.82, 2.24) is 20.4 Å². The number of hydrogen-bond donors (Lipinski definition) is 1. The van der Waals surface area contributed by atoms with Gasteiger partial charge in [-0.3, -0.25) is 4.79 Å². The summed E-state index contributed by atoms with van der Waals surface area (Å²) in [7, 11) is 0. The van der Waals surface area contributed by atoms with Crippen molar-refractivity contribution in [3.8, 4) is 0 Å². The van der Waals surface area contributed by atoms with Gasteiger partial charge in [0.05, 0.1) is 12.6 Å². The first-order valence-electron chi connectivity index (χ1n) is 7.20. The van der Waals surface area contributed by atoms with Crippen LogP contribution in [-0.4, -0.2) is 53.8 Å². The number of nitrogens with one attached hydrogen (secondary N) is 1. The number of carbonyl (C=O) groups excluding carboxylic acids is 1. The molecule has 1 aromatic rings. The summed E-state index contributed by atoms with van der Waals surface area (Å²) in [5, 5.41) is 7.07. The lowest BCUT2D eigenvalue weighted by atomic mass is 10.2. The fourth-order valence-electron chi connectivity index (χ4n) is 2.22. The smallest absolute Gasteiger partial charge is 0.295 e. The summed E-state index contributed by atoms with van der Waals surface area (Å²) in [6, 6.07) is 0.0857. The molecule has 0 aromatic carbocycles. The molecule has 0 spiro atoms. The Kier molecular flexibility index (Phi) is 5.49. The lowest BCUT2D eigenvalue weighted by molar-refractivity contribution is 0.0655. The molecule has 1 saturated heterocycles. The van der Waals surface area contributed by atoms with Crippen molar-refractivity contribution in [2.45, 2.75) is 32.7 Å². The van der Waals surface area contributed by atoms with Gasteiger partial charge < -0.3 is 19.5 Å². The molecule has 112 valence electrons. The molecule has 1 atom stereocenters. The van der Waals surface area contributed by atoms with E-state index in [1.807, 2.05) is 13.8 Å². The van der Waals surface area contributed by atoms with E-state index in [2.05, 4.69) is 15.5 Å². The second kappa shape index (κ2) is 7.35. The van der Waals surface area contributed by atoms with Crippen LogP contribution in [0.2, 0.25) is 0 Å². The normalized spacial score (nSPS) is 18.4. The molecule has 0 bridgehead atoms. The standard InChI is InChI=1S/C13H22N4O3/c1-3-17(8-9-19-4-2)13(18)11-15-12(20-16-11)10-6-5-7-14-10/h10,14H,3-9H2,1-2H3. The van der Waals surface area contributed by atoms with E-state index in [9.17, 15) is 4.79 Å². The highest BCUT2D eigenvalue weighted by molar-refractivity contribution is 5.90. The number of amides is 1. The van der Waals surface area contributed by atoms with Gasteiger partial charge in [-0.25, -0.2) is 0 Å². The van der Waals surface area contributed by atoms with Gasteiger partial charge in [0.1, 0.15) is 0 Å². The Balaban J connectivity index is 1.96. The predicted molar refractivity (Wildman–Crippen MR) is 72.3 cm³/mol. The molecule has 2 heterocycles. The fraction of sp³-hybridized carbons (Fsp3) is 0.769. The van der Waals surface area contributed by atoms with Crippen molar-refractivity contribution in [2.24, 2.45) is 0 Å². The first kappa shape index (κ1) is 14.9. The molecule has 1 fully saturated rings. The SMILES string of the molecule is CCOCCN(CC)C(=O)c1noc(C2CCCN2)n1. The summed E-state index contributed by atoms with van der Waals surface area (Å²) in [5.74, 6) is 0.430. The lowest BCUT2D eigenvalue weighted by Crippen LogP contribution is -2.34. The van der Waals surface area contributed by atoms with Crippen LogP contribution in [0.3, 0.4) is 0 Å². The van der Waals surface area contributed by atoms with Crippen LogP contribution in [0, 0.1) is 0 Å². The van der Waals surface area contributed by atoms with Crippen molar-refractivity contribution in [3.63, 3.8) is 0 Å². The molecule has 20 heavy (non-hydrogen) atoms. The van der Waals surface area contributed by atoms with Gasteiger partial charge in [0.25, 0.3) is 11.7 Å². The van der Waals surface area contributed by atoms with Gasteiger partial charge in [-0.05, 0) is 33.2 Å². The van der Waals surface area contributed by atoms with E-state index in [1.165, 1.54) is 0 Å². The van der Waals surface area contributed by atoms with Crippen LogP contribution in [0.4, 0.5) is 0 Å². The molecule has 1 aliphatic heterocycles. The number of likely N-dealkylation sites (N-methyl/N-ethyl adjacent to an activating group) is 1. The Hall–Kier alpha value is -1.47. The molecular weight excluding hydrogens is 260 g/mol. The minimum absolute atomic E-state index is 0.0857. The zero-order valence-electron chi connectivity index (χ0n) is 12.1. The van der Waals surface area contributed by atoms with E-state index < -0.39 is 0 Å². The maximum atomic E-state index is 12.3. The summed E-state index contributed by atoms with van der Waals surface area (Å²) >= 11 is 0. The van der Waals surface area contributed by atoms with E-state index in [-0.39, 0.29) is 17.8 Å². The zero-order chi connectivity index (χ0) is 14.4. The van der Waals surface area contributed by atoms with Gasteiger partial charge in [-0.15, -0.1) is 0 Å². The minimum Gasteiger partial charge on any atom is -0.380 e. The summed E-state index contributed by atoms with van der Waals surface area (Å²) in [4.78, 5) is 18.1. The number of rotatable bonds is 7. The average Bonchev–Trinajstić information content (AvgIpc) is 3.12. The Labute approximate surface area is 118 Å². The molecule has 1 N–H and O–H groups in total. The molecule has 0 saturated carbocycles. The Morgan fingerprint density at radius 2 is 2.40 bits per heavy atom. The summed E-state index contributed by atoms with van der Waals surface area (Å²) in [5.41, 5.74) is 0. The molecular formula is C13H22N4O3. The van der Waals surface area contributed by atoms with Crippen LogP contribution in [0.5, 0.6) is 0 Å². The van der Waals surface area contributed by atoms with Crippen molar-refractivity contribution < 1.29 is 14.1 Å². The molecule has 7 nitrogen and oxygen atoms in total. The molecule has 1 aliphatic rings. The van der Waals surface area contributed by atoms with Crippen LogP contribution in [-0.2, 0) is 4.74 Å². The maximum absolute atomic E-state index is 12.3. The lowest BCUT2D eigenvalue weighted by Gasteiger charge is -2.18. The number of hydrogen-bond acceptors (Lipinski definition) is 6. The Morgan fingerprint density at radius 1 is 1.55 bits per heavy atom. The van der Waals surface area contributed by atoms with Gasteiger partial charge >= 0.3 is 0 Å². The summed E-state index contributed by atoms with van der Waals surface area (Å²) in [6.07, 6.45) is 2.06. The monoisotopic (exact) mass is 282 g/mol. The number of ether oxygens (including phenoxy) is 1. The predicted octanol–water partition coefficient (Wildman–Crippen LogP) is 0.993. The third-order valence-corrected chi connectivity index (χ3v) is 3.37. The minimum atomic E-state index is -0.208. The van der Waals surface area contributed by atoms with Crippen molar-refractivity contribution in [1.29, 1.82) is 0 Å². The third-order valence-electron chi connectivity index (χ3n) is 3.37. The highest BCUT2D eigenvalue weighted by Crippen LogP contribution is 2.21. The molecule has 1 unspecified atom stereocenters. The molecule has 0 radical (unpaired) electrons. The topological polar surface area (TPSA) is 80.5 Å². The highest BCUT2D eigenvalue weighted by Gasteiger charge is 2.26. The third kappa shape index (κ3) is 3.55. The molecule has 2 rings (SSSR count). The molecule has 7 heteroatoms. The maximum Gasteiger partial charge on any atom is 0.295 e. The summed E-state index contributed by atoms with van der Waals surface area (Å²) < 4.78 is 10.5. The Morgan fingerprint density at radius 3 is 3.05 bits per heavy atom. The number of nitrogens with zero attached hydrogens (tertiary/aromatic N) is 3. The fourth-order valence-corrected chi connectivity index (χ4v) is 2.22. The Bertz CT molecular complexity index is 429. The van der Waals surface area contributed by atoms with Crippen molar-refractivity contribution in [2.75, 3.05) is 32.8 Å². The highest BCUT2D eigenvalue weighted by atomic mass is 16.5. The molecule has 1 aromatic heterocycles. The quantitative estimate of drug-likeness (QED) is 0.751. The number of carbonyl (C=O) groups is 1. The van der Waals surface area contributed by atoms with Gasteiger partial charge in [-0.1, -0.05) is 5.16 Å². The second-order valence-electron chi connectivity index (χ2n) is 4.69. The molecule has 1 amide bonds. The van der Waals surface area contributed by atoms with Crippen molar-refractivity contribution >= 4 is 5.91 Å². The van der Waals surface area contributed by atoms with Crippen LogP contribution >= 0.6 is 0 Å². The largest absolute Gasteiger partial charge is 0.380 e. The van der Waals surface area contributed by atoms with Crippen LogP contribution < -0.4 is 5.32 Å².